The summed E-state index contributed by atoms with van der Waals surface area (Å²) in [6, 6.07) is 5.43. The van der Waals surface area contributed by atoms with Crippen LogP contribution in [-0.2, 0) is 4.79 Å². The first-order chi connectivity index (χ1) is 7.08. The molecule has 0 aromatic heterocycles. The molecule has 0 aliphatic heterocycles. The third kappa shape index (κ3) is 2.52. The molecule has 2 nitrogen and oxygen atoms in total. The minimum atomic E-state index is 0.0757. The van der Waals surface area contributed by atoms with E-state index in [1.807, 2.05) is 6.07 Å². The van der Waals surface area contributed by atoms with E-state index in [0.717, 1.165) is 10.9 Å². The van der Waals surface area contributed by atoms with Crippen molar-refractivity contribution in [1.82, 2.24) is 0 Å². The Balaban J connectivity index is 2.07. The number of amides is 1. The summed E-state index contributed by atoms with van der Waals surface area (Å²) in [4.78, 5) is 11.6. The largest absolute Gasteiger partial charge is 0.325 e. The Morgan fingerprint density at radius 2 is 2.27 bits per heavy atom. The fourth-order valence-electron chi connectivity index (χ4n) is 1.50. The Kier molecular flexibility index (Phi) is 3.03. The van der Waals surface area contributed by atoms with Gasteiger partial charge in [0.2, 0.25) is 5.91 Å². The molecule has 2 rings (SSSR count). The van der Waals surface area contributed by atoms with Crippen molar-refractivity contribution in [3.8, 4) is 0 Å². The van der Waals surface area contributed by atoms with Gasteiger partial charge in [0.25, 0.3) is 0 Å². The number of benzene rings is 1. The van der Waals surface area contributed by atoms with Crippen molar-refractivity contribution >= 4 is 39.1 Å². The Morgan fingerprint density at radius 3 is 2.80 bits per heavy atom. The van der Waals surface area contributed by atoms with Gasteiger partial charge < -0.3 is 5.32 Å². The first-order valence-corrected chi connectivity index (χ1v) is 6.01. The first kappa shape index (κ1) is 11.0. The number of anilines is 1. The van der Waals surface area contributed by atoms with E-state index >= 15 is 0 Å². The SMILES string of the molecule is C[C@@H]1C[C@@H]1C(=O)Nc1ccc(Br)cc1Cl. The Bertz CT molecular complexity index is 408. The van der Waals surface area contributed by atoms with Crippen LogP contribution in [0.3, 0.4) is 0 Å². The van der Waals surface area contributed by atoms with Gasteiger partial charge in [0.05, 0.1) is 10.7 Å². The molecule has 0 bridgehead atoms. The zero-order valence-electron chi connectivity index (χ0n) is 8.26. The molecule has 1 aromatic rings. The molecule has 4 heteroatoms. The Hall–Kier alpha value is -0.540. The molecule has 80 valence electrons. The minimum Gasteiger partial charge on any atom is -0.325 e. The number of carbonyl (C=O) groups is 1. The topological polar surface area (TPSA) is 29.1 Å². The Morgan fingerprint density at radius 1 is 1.60 bits per heavy atom. The van der Waals surface area contributed by atoms with Crippen molar-refractivity contribution < 1.29 is 4.79 Å². The molecule has 1 fully saturated rings. The molecule has 1 N–H and O–H groups in total. The van der Waals surface area contributed by atoms with E-state index in [4.69, 9.17) is 11.6 Å². The summed E-state index contributed by atoms with van der Waals surface area (Å²) in [5.74, 6) is 0.760. The summed E-state index contributed by atoms with van der Waals surface area (Å²) in [6.07, 6.45) is 0.986. The smallest absolute Gasteiger partial charge is 0.227 e. The van der Waals surface area contributed by atoms with Crippen LogP contribution in [0.5, 0.6) is 0 Å². The van der Waals surface area contributed by atoms with Gasteiger partial charge in [-0.3, -0.25) is 4.79 Å². The first-order valence-electron chi connectivity index (χ1n) is 4.84. The Labute approximate surface area is 102 Å². The normalized spacial score (nSPS) is 23.7. The van der Waals surface area contributed by atoms with E-state index < -0.39 is 0 Å². The summed E-state index contributed by atoms with van der Waals surface area (Å²) in [5.41, 5.74) is 0.684. The van der Waals surface area contributed by atoms with Gasteiger partial charge in [-0.05, 0) is 30.5 Å². The second-order valence-electron chi connectivity index (χ2n) is 3.93. The van der Waals surface area contributed by atoms with E-state index in [2.05, 4.69) is 28.2 Å². The molecule has 2 atom stereocenters. The summed E-state index contributed by atoms with van der Waals surface area (Å²) in [7, 11) is 0. The fraction of sp³-hybridized carbons (Fsp3) is 0.364. The van der Waals surface area contributed by atoms with Gasteiger partial charge in [-0.1, -0.05) is 34.5 Å². The van der Waals surface area contributed by atoms with Crippen LogP contribution in [0.4, 0.5) is 5.69 Å². The van der Waals surface area contributed by atoms with Crippen LogP contribution in [0.15, 0.2) is 22.7 Å². The zero-order chi connectivity index (χ0) is 11.0. The molecule has 15 heavy (non-hydrogen) atoms. The lowest BCUT2D eigenvalue weighted by atomic mass is 10.3. The predicted molar refractivity (Wildman–Crippen MR) is 65.1 cm³/mol. The van der Waals surface area contributed by atoms with Crippen molar-refractivity contribution in [1.29, 1.82) is 0 Å². The van der Waals surface area contributed by atoms with Gasteiger partial charge in [0, 0.05) is 10.4 Å². The number of halogens is 2. The summed E-state index contributed by atoms with van der Waals surface area (Å²) in [5, 5.41) is 3.40. The molecule has 0 saturated heterocycles. The van der Waals surface area contributed by atoms with E-state index in [0.29, 0.717) is 16.6 Å². The van der Waals surface area contributed by atoms with Gasteiger partial charge >= 0.3 is 0 Å². The lowest BCUT2D eigenvalue weighted by Crippen LogP contribution is -2.14. The van der Waals surface area contributed by atoms with Crippen molar-refractivity contribution in [3.63, 3.8) is 0 Å². The molecule has 0 heterocycles. The average molecular weight is 289 g/mol. The van der Waals surface area contributed by atoms with Crippen molar-refractivity contribution in [2.24, 2.45) is 11.8 Å². The van der Waals surface area contributed by atoms with Gasteiger partial charge in [0.15, 0.2) is 0 Å². The maximum absolute atomic E-state index is 11.6. The summed E-state index contributed by atoms with van der Waals surface area (Å²) >= 11 is 9.31. The molecule has 1 aromatic carbocycles. The molecule has 1 aliphatic carbocycles. The summed E-state index contributed by atoms with van der Waals surface area (Å²) in [6.45, 7) is 2.08. The van der Waals surface area contributed by atoms with E-state index in [1.54, 1.807) is 12.1 Å². The predicted octanol–water partition coefficient (Wildman–Crippen LogP) is 3.70. The minimum absolute atomic E-state index is 0.0757. The summed E-state index contributed by atoms with van der Waals surface area (Å²) < 4.78 is 0.908. The van der Waals surface area contributed by atoms with E-state index in [1.165, 1.54) is 0 Å². The molecule has 1 amide bonds. The monoisotopic (exact) mass is 287 g/mol. The van der Waals surface area contributed by atoms with Crippen LogP contribution in [-0.4, -0.2) is 5.91 Å². The van der Waals surface area contributed by atoms with Crippen LogP contribution < -0.4 is 5.32 Å². The van der Waals surface area contributed by atoms with Crippen LogP contribution in [0.1, 0.15) is 13.3 Å². The molecule has 1 aliphatic rings. The van der Waals surface area contributed by atoms with Gasteiger partial charge in [0.1, 0.15) is 0 Å². The third-order valence-corrected chi connectivity index (χ3v) is 3.44. The zero-order valence-corrected chi connectivity index (χ0v) is 10.6. The van der Waals surface area contributed by atoms with E-state index in [-0.39, 0.29) is 11.8 Å². The maximum Gasteiger partial charge on any atom is 0.227 e. The molecule has 0 radical (unpaired) electrons. The van der Waals surface area contributed by atoms with Crippen LogP contribution in [0, 0.1) is 11.8 Å². The number of carbonyl (C=O) groups excluding carboxylic acids is 1. The van der Waals surface area contributed by atoms with Gasteiger partial charge in [-0.15, -0.1) is 0 Å². The highest BCUT2D eigenvalue weighted by atomic mass is 79.9. The number of nitrogens with one attached hydrogen (secondary N) is 1. The third-order valence-electron chi connectivity index (χ3n) is 2.64. The van der Waals surface area contributed by atoms with Crippen molar-refractivity contribution in [2.75, 3.05) is 5.32 Å². The number of hydrogen-bond donors (Lipinski definition) is 1. The van der Waals surface area contributed by atoms with Gasteiger partial charge in [-0.2, -0.15) is 0 Å². The number of rotatable bonds is 2. The van der Waals surface area contributed by atoms with Crippen molar-refractivity contribution in [2.45, 2.75) is 13.3 Å². The molecular formula is C11H11BrClNO. The van der Waals surface area contributed by atoms with Gasteiger partial charge in [-0.25, -0.2) is 0 Å². The van der Waals surface area contributed by atoms with Crippen LogP contribution in [0.2, 0.25) is 5.02 Å². The van der Waals surface area contributed by atoms with Crippen molar-refractivity contribution in [3.05, 3.63) is 27.7 Å². The van der Waals surface area contributed by atoms with Crippen LogP contribution >= 0.6 is 27.5 Å². The van der Waals surface area contributed by atoms with E-state index in [9.17, 15) is 4.79 Å². The molecule has 0 spiro atoms. The molecule has 0 unspecified atom stereocenters. The quantitative estimate of drug-likeness (QED) is 0.883. The highest BCUT2D eigenvalue weighted by Gasteiger charge is 2.39. The highest BCUT2D eigenvalue weighted by molar-refractivity contribution is 9.10. The second-order valence-corrected chi connectivity index (χ2v) is 5.26. The maximum atomic E-state index is 11.6. The average Bonchev–Trinajstić information content (AvgIpc) is 2.88. The van der Waals surface area contributed by atoms with Crippen LogP contribution in [0.25, 0.3) is 0 Å². The lowest BCUT2D eigenvalue weighted by molar-refractivity contribution is -0.117. The molecular weight excluding hydrogens is 277 g/mol. The highest BCUT2D eigenvalue weighted by Crippen LogP contribution is 2.39. The molecule has 1 saturated carbocycles. The standard InChI is InChI=1S/C11H11BrClNO/c1-6-4-8(6)11(15)14-10-3-2-7(12)5-9(10)13/h2-3,5-6,8H,4H2,1H3,(H,14,15)/t6-,8+/m1/s1. The fourth-order valence-corrected chi connectivity index (χ4v) is 2.22. The second kappa shape index (κ2) is 4.14. The lowest BCUT2D eigenvalue weighted by Gasteiger charge is -2.06. The number of hydrogen-bond acceptors (Lipinski definition) is 1.